The maximum absolute atomic E-state index is 10.4. The van der Waals surface area contributed by atoms with Crippen LogP contribution in [0.15, 0.2) is 0 Å². The molecule has 0 saturated heterocycles. The Morgan fingerprint density at radius 1 is 1.38 bits per heavy atom. The lowest BCUT2D eigenvalue weighted by Gasteiger charge is -2.22. The van der Waals surface area contributed by atoms with Crippen molar-refractivity contribution < 1.29 is 19.7 Å². The van der Waals surface area contributed by atoms with Crippen molar-refractivity contribution in [3.63, 3.8) is 0 Å². The van der Waals surface area contributed by atoms with Crippen LogP contribution < -0.4 is 0 Å². The summed E-state index contributed by atoms with van der Waals surface area (Å²) in [6.45, 7) is 4.02. The number of aliphatic hydroxyl groups excluding tert-OH is 1. The lowest BCUT2D eigenvalue weighted by atomic mass is 9.92. The summed E-state index contributed by atoms with van der Waals surface area (Å²) in [6, 6.07) is 0. The molecule has 0 bridgehead atoms. The summed E-state index contributed by atoms with van der Waals surface area (Å²) >= 11 is 0. The van der Waals surface area contributed by atoms with Crippen LogP contribution in [0.4, 0.5) is 0 Å². The molecule has 0 saturated carbocycles. The van der Waals surface area contributed by atoms with Crippen LogP contribution in [0.2, 0.25) is 0 Å². The molecule has 4 nitrogen and oxygen atoms in total. The molecular weight excluding hydrogens is 172 g/mol. The third-order valence-corrected chi connectivity index (χ3v) is 2.09. The Balaban J connectivity index is 3.92. The van der Waals surface area contributed by atoms with Gasteiger partial charge in [-0.3, -0.25) is 4.79 Å². The zero-order valence-electron chi connectivity index (χ0n) is 8.36. The molecule has 2 N–H and O–H groups in total. The Bertz CT molecular complexity index is 158. The molecule has 13 heavy (non-hydrogen) atoms. The van der Waals surface area contributed by atoms with E-state index >= 15 is 0 Å². The predicted molar refractivity (Wildman–Crippen MR) is 48.5 cm³/mol. The van der Waals surface area contributed by atoms with E-state index in [4.69, 9.17) is 9.84 Å². The van der Waals surface area contributed by atoms with E-state index in [9.17, 15) is 9.90 Å². The van der Waals surface area contributed by atoms with Crippen molar-refractivity contribution >= 4 is 5.97 Å². The number of carboxylic acids is 1. The first-order chi connectivity index (χ1) is 5.99. The van der Waals surface area contributed by atoms with Gasteiger partial charge in [-0.1, -0.05) is 13.8 Å². The highest BCUT2D eigenvalue weighted by atomic mass is 16.5. The SMILES string of the molecule is COCC(C)C(O)C(C)CC(=O)O. The van der Waals surface area contributed by atoms with Crippen LogP contribution in [0, 0.1) is 11.8 Å². The summed E-state index contributed by atoms with van der Waals surface area (Å²) in [5.41, 5.74) is 0. The quantitative estimate of drug-likeness (QED) is 0.648. The van der Waals surface area contributed by atoms with Crippen LogP contribution >= 0.6 is 0 Å². The number of carboxylic acid groups (broad SMARTS) is 1. The standard InChI is InChI=1S/C9H18O4/c1-6(4-8(10)11)9(12)7(2)5-13-3/h6-7,9,12H,4-5H2,1-3H3,(H,10,11). The minimum absolute atomic E-state index is 0.00474. The minimum atomic E-state index is -0.879. The van der Waals surface area contributed by atoms with Crippen LogP contribution in [0.3, 0.4) is 0 Å². The fraction of sp³-hybridized carbons (Fsp3) is 0.889. The van der Waals surface area contributed by atoms with Gasteiger partial charge in [-0.2, -0.15) is 0 Å². The first-order valence-electron chi connectivity index (χ1n) is 4.37. The molecule has 78 valence electrons. The van der Waals surface area contributed by atoms with Gasteiger partial charge in [0.15, 0.2) is 0 Å². The molecule has 0 fully saturated rings. The maximum Gasteiger partial charge on any atom is 0.303 e. The fourth-order valence-corrected chi connectivity index (χ4v) is 1.32. The summed E-state index contributed by atoms with van der Waals surface area (Å²) in [7, 11) is 1.56. The van der Waals surface area contributed by atoms with Gasteiger partial charge >= 0.3 is 5.97 Å². The normalized spacial score (nSPS) is 17.8. The van der Waals surface area contributed by atoms with Gasteiger partial charge in [0.1, 0.15) is 0 Å². The van der Waals surface area contributed by atoms with Crippen molar-refractivity contribution in [1.29, 1.82) is 0 Å². The van der Waals surface area contributed by atoms with Gasteiger partial charge in [-0.25, -0.2) is 0 Å². The van der Waals surface area contributed by atoms with Crippen LogP contribution in [0.25, 0.3) is 0 Å². The number of ether oxygens (including phenoxy) is 1. The molecule has 0 rings (SSSR count). The van der Waals surface area contributed by atoms with E-state index < -0.39 is 12.1 Å². The lowest BCUT2D eigenvalue weighted by molar-refractivity contribution is -0.139. The summed E-state index contributed by atoms with van der Waals surface area (Å²) < 4.78 is 4.87. The topological polar surface area (TPSA) is 66.8 Å². The monoisotopic (exact) mass is 190 g/mol. The van der Waals surface area contributed by atoms with Crippen LogP contribution in [0.5, 0.6) is 0 Å². The van der Waals surface area contributed by atoms with Crippen LogP contribution in [-0.2, 0) is 9.53 Å². The first-order valence-corrected chi connectivity index (χ1v) is 4.37. The second kappa shape index (κ2) is 5.94. The largest absolute Gasteiger partial charge is 0.481 e. The molecule has 0 aliphatic heterocycles. The van der Waals surface area contributed by atoms with E-state index in [2.05, 4.69) is 0 Å². The van der Waals surface area contributed by atoms with Crippen molar-refractivity contribution in [3.8, 4) is 0 Å². The van der Waals surface area contributed by atoms with E-state index in [1.165, 1.54) is 0 Å². The van der Waals surface area contributed by atoms with Gasteiger partial charge in [-0.15, -0.1) is 0 Å². The molecule has 0 aromatic heterocycles. The molecule has 0 heterocycles. The van der Waals surface area contributed by atoms with E-state index in [1.54, 1.807) is 14.0 Å². The maximum atomic E-state index is 10.4. The molecule has 0 spiro atoms. The highest BCUT2D eigenvalue weighted by Gasteiger charge is 2.22. The zero-order valence-corrected chi connectivity index (χ0v) is 8.36. The number of carbonyl (C=O) groups is 1. The van der Waals surface area contributed by atoms with Gasteiger partial charge in [-0.05, 0) is 5.92 Å². The second-order valence-electron chi connectivity index (χ2n) is 3.50. The van der Waals surface area contributed by atoms with Crippen molar-refractivity contribution in [2.24, 2.45) is 11.8 Å². The van der Waals surface area contributed by atoms with E-state index in [1.807, 2.05) is 6.92 Å². The van der Waals surface area contributed by atoms with Gasteiger partial charge < -0.3 is 14.9 Å². The average molecular weight is 190 g/mol. The van der Waals surface area contributed by atoms with E-state index in [0.717, 1.165) is 0 Å². The van der Waals surface area contributed by atoms with Crippen molar-refractivity contribution in [2.45, 2.75) is 26.4 Å². The number of aliphatic hydroxyl groups is 1. The Hall–Kier alpha value is -0.610. The summed E-state index contributed by atoms with van der Waals surface area (Å²) in [5.74, 6) is -1.14. The average Bonchev–Trinajstić information content (AvgIpc) is 2.02. The molecule has 0 aromatic rings. The number of hydrogen-bond acceptors (Lipinski definition) is 3. The number of aliphatic carboxylic acids is 1. The molecule has 0 aliphatic rings. The summed E-state index contributed by atoms with van der Waals surface area (Å²) in [4.78, 5) is 10.4. The lowest BCUT2D eigenvalue weighted by Crippen LogP contribution is -2.29. The van der Waals surface area contributed by atoms with Crippen LogP contribution in [-0.4, -0.2) is 36.0 Å². The third kappa shape index (κ3) is 4.85. The molecule has 0 radical (unpaired) electrons. The van der Waals surface area contributed by atoms with Crippen molar-refractivity contribution in [1.82, 2.24) is 0 Å². The highest BCUT2D eigenvalue weighted by Crippen LogP contribution is 2.16. The number of methoxy groups -OCH3 is 1. The second-order valence-corrected chi connectivity index (χ2v) is 3.50. The van der Waals surface area contributed by atoms with E-state index in [0.29, 0.717) is 6.61 Å². The van der Waals surface area contributed by atoms with Gasteiger partial charge in [0.05, 0.1) is 19.1 Å². The number of rotatable bonds is 6. The van der Waals surface area contributed by atoms with Crippen molar-refractivity contribution in [2.75, 3.05) is 13.7 Å². The van der Waals surface area contributed by atoms with Gasteiger partial charge in [0.2, 0.25) is 0 Å². The fourth-order valence-electron chi connectivity index (χ4n) is 1.32. The molecular formula is C9H18O4. The predicted octanol–water partition coefficient (Wildman–Crippen LogP) is 0.741. The Kier molecular flexibility index (Phi) is 5.66. The highest BCUT2D eigenvalue weighted by molar-refractivity contribution is 5.67. The molecule has 3 unspecified atom stereocenters. The van der Waals surface area contributed by atoms with Crippen LogP contribution in [0.1, 0.15) is 20.3 Å². The van der Waals surface area contributed by atoms with Gasteiger partial charge in [0.25, 0.3) is 0 Å². The van der Waals surface area contributed by atoms with E-state index in [-0.39, 0.29) is 18.3 Å². The summed E-state index contributed by atoms with van der Waals surface area (Å²) in [5, 5.41) is 18.1. The first kappa shape index (κ1) is 12.4. The Morgan fingerprint density at radius 2 is 1.92 bits per heavy atom. The zero-order chi connectivity index (χ0) is 10.4. The Labute approximate surface area is 78.5 Å². The Morgan fingerprint density at radius 3 is 2.31 bits per heavy atom. The minimum Gasteiger partial charge on any atom is -0.481 e. The summed E-state index contributed by atoms with van der Waals surface area (Å²) in [6.07, 6.45) is -0.620. The third-order valence-electron chi connectivity index (χ3n) is 2.09. The molecule has 0 aliphatic carbocycles. The van der Waals surface area contributed by atoms with Crippen molar-refractivity contribution in [3.05, 3.63) is 0 Å². The molecule has 0 amide bonds. The molecule has 3 atom stereocenters. The smallest absolute Gasteiger partial charge is 0.303 e. The van der Waals surface area contributed by atoms with Gasteiger partial charge in [0, 0.05) is 13.0 Å². The number of hydrogen-bond donors (Lipinski definition) is 2. The molecule has 0 aromatic carbocycles. The molecule has 4 heteroatoms.